The zero-order valence-corrected chi connectivity index (χ0v) is 13.2. The summed E-state index contributed by atoms with van der Waals surface area (Å²) in [4.78, 5) is 24.5. The SMILES string of the molecule is Cc1ccc(Br)cc1C(=O)N1CCC(C(=O)O)(C(F)(F)F)C1. The van der Waals surface area contributed by atoms with Gasteiger partial charge in [-0.25, -0.2) is 0 Å². The molecular weight excluding hydrogens is 367 g/mol. The molecule has 1 aromatic carbocycles. The smallest absolute Gasteiger partial charge is 0.406 e. The number of carboxylic acid groups (broad SMARTS) is 1. The minimum absolute atomic E-state index is 0.239. The number of aliphatic carboxylic acids is 1. The van der Waals surface area contributed by atoms with Crippen LogP contribution in [-0.2, 0) is 4.79 Å². The fourth-order valence-electron chi connectivity index (χ4n) is 2.51. The molecule has 1 aromatic rings. The van der Waals surface area contributed by atoms with E-state index in [1.54, 1.807) is 19.1 Å². The molecule has 0 spiro atoms. The van der Waals surface area contributed by atoms with Crippen LogP contribution in [0.2, 0.25) is 0 Å². The Kier molecular flexibility index (Phi) is 4.25. The van der Waals surface area contributed by atoms with Gasteiger partial charge in [-0.3, -0.25) is 9.59 Å². The molecule has 0 saturated carbocycles. The molecule has 1 aliphatic heterocycles. The highest BCUT2D eigenvalue weighted by molar-refractivity contribution is 9.10. The Hall–Kier alpha value is -1.57. The summed E-state index contributed by atoms with van der Waals surface area (Å²) in [5.74, 6) is -2.53. The lowest BCUT2D eigenvalue weighted by Crippen LogP contribution is -2.47. The molecule has 22 heavy (non-hydrogen) atoms. The van der Waals surface area contributed by atoms with Crippen LogP contribution < -0.4 is 0 Å². The van der Waals surface area contributed by atoms with E-state index < -0.39 is 36.4 Å². The highest BCUT2D eigenvalue weighted by atomic mass is 79.9. The predicted octanol–water partition coefficient (Wildman–Crippen LogP) is 3.24. The van der Waals surface area contributed by atoms with E-state index >= 15 is 0 Å². The van der Waals surface area contributed by atoms with Crippen molar-refractivity contribution in [2.75, 3.05) is 13.1 Å². The van der Waals surface area contributed by atoms with Gasteiger partial charge in [0.2, 0.25) is 0 Å². The lowest BCUT2D eigenvalue weighted by molar-refractivity contribution is -0.227. The van der Waals surface area contributed by atoms with Crippen molar-refractivity contribution in [1.82, 2.24) is 4.90 Å². The number of hydrogen-bond acceptors (Lipinski definition) is 2. The third-order valence-electron chi connectivity index (χ3n) is 3.94. The van der Waals surface area contributed by atoms with Crippen molar-refractivity contribution < 1.29 is 27.9 Å². The summed E-state index contributed by atoms with van der Waals surface area (Å²) < 4.78 is 40.0. The number of carbonyl (C=O) groups excluding carboxylic acids is 1. The van der Waals surface area contributed by atoms with Crippen LogP contribution in [-0.4, -0.2) is 41.1 Å². The highest BCUT2D eigenvalue weighted by Gasteiger charge is 2.64. The van der Waals surface area contributed by atoms with Gasteiger partial charge in [0.15, 0.2) is 5.41 Å². The largest absolute Gasteiger partial charge is 0.481 e. The number of hydrogen-bond donors (Lipinski definition) is 1. The molecule has 0 bridgehead atoms. The lowest BCUT2D eigenvalue weighted by Gasteiger charge is -2.27. The van der Waals surface area contributed by atoms with E-state index in [4.69, 9.17) is 5.11 Å². The normalized spacial score (nSPS) is 22.0. The van der Waals surface area contributed by atoms with Crippen molar-refractivity contribution in [3.05, 3.63) is 33.8 Å². The van der Waals surface area contributed by atoms with Crippen molar-refractivity contribution in [3.63, 3.8) is 0 Å². The molecule has 2 rings (SSSR count). The van der Waals surface area contributed by atoms with Gasteiger partial charge >= 0.3 is 12.1 Å². The number of benzene rings is 1. The molecule has 0 aliphatic carbocycles. The monoisotopic (exact) mass is 379 g/mol. The maximum atomic E-state index is 13.1. The Bertz CT molecular complexity index is 632. The van der Waals surface area contributed by atoms with Crippen LogP contribution in [0.3, 0.4) is 0 Å². The maximum Gasteiger partial charge on any atom is 0.406 e. The number of rotatable bonds is 2. The van der Waals surface area contributed by atoms with E-state index in [1.807, 2.05) is 0 Å². The van der Waals surface area contributed by atoms with Crippen LogP contribution in [0.4, 0.5) is 13.2 Å². The molecule has 1 N–H and O–H groups in total. The summed E-state index contributed by atoms with van der Waals surface area (Å²) in [5.41, 5.74) is -2.01. The second-order valence-electron chi connectivity index (χ2n) is 5.32. The van der Waals surface area contributed by atoms with Crippen LogP contribution in [0.15, 0.2) is 22.7 Å². The van der Waals surface area contributed by atoms with E-state index in [9.17, 15) is 22.8 Å². The van der Waals surface area contributed by atoms with Gasteiger partial charge < -0.3 is 10.0 Å². The molecule has 1 amide bonds. The van der Waals surface area contributed by atoms with Crippen LogP contribution >= 0.6 is 15.9 Å². The van der Waals surface area contributed by atoms with Gasteiger partial charge in [0.25, 0.3) is 5.91 Å². The number of alkyl halides is 3. The average molecular weight is 380 g/mol. The predicted molar refractivity (Wildman–Crippen MR) is 75.5 cm³/mol. The second kappa shape index (κ2) is 5.57. The molecule has 1 saturated heterocycles. The van der Waals surface area contributed by atoms with Crippen LogP contribution in [0.1, 0.15) is 22.3 Å². The standard InChI is InChI=1S/C14H13BrF3NO3/c1-8-2-3-9(15)6-10(8)11(20)19-5-4-13(7-19,12(21)22)14(16,17)18/h2-3,6H,4-5,7H2,1H3,(H,21,22). The molecule has 1 aliphatic rings. The Morgan fingerprint density at radius 1 is 1.36 bits per heavy atom. The summed E-state index contributed by atoms with van der Waals surface area (Å²) in [7, 11) is 0. The Labute approximate surface area is 133 Å². The number of amides is 1. The summed E-state index contributed by atoms with van der Waals surface area (Å²) in [5, 5.41) is 9.00. The average Bonchev–Trinajstić information content (AvgIpc) is 2.87. The fraction of sp³-hybridized carbons (Fsp3) is 0.429. The Morgan fingerprint density at radius 2 is 2.00 bits per heavy atom. The van der Waals surface area contributed by atoms with Crippen molar-refractivity contribution >= 4 is 27.8 Å². The first-order valence-corrected chi connectivity index (χ1v) is 7.23. The van der Waals surface area contributed by atoms with Gasteiger partial charge in [-0.1, -0.05) is 22.0 Å². The molecule has 8 heteroatoms. The highest BCUT2D eigenvalue weighted by Crippen LogP contribution is 2.46. The van der Waals surface area contributed by atoms with E-state index in [2.05, 4.69) is 15.9 Å². The molecule has 1 fully saturated rings. The van der Waals surface area contributed by atoms with Gasteiger partial charge in [-0.2, -0.15) is 13.2 Å². The van der Waals surface area contributed by atoms with E-state index in [1.165, 1.54) is 6.07 Å². The van der Waals surface area contributed by atoms with E-state index in [0.717, 1.165) is 4.90 Å². The molecule has 0 radical (unpaired) electrons. The van der Waals surface area contributed by atoms with Gasteiger partial charge in [0, 0.05) is 23.1 Å². The zero-order chi connectivity index (χ0) is 16.7. The number of aryl methyl sites for hydroxylation is 1. The lowest BCUT2D eigenvalue weighted by atomic mass is 9.86. The molecule has 4 nitrogen and oxygen atoms in total. The summed E-state index contributed by atoms with van der Waals surface area (Å²) in [6.45, 7) is 0.567. The minimum Gasteiger partial charge on any atom is -0.481 e. The first-order chi connectivity index (χ1) is 10.1. The van der Waals surface area contributed by atoms with Crippen molar-refractivity contribution in [1.29, 1.82) is 0 Å². The maximum absolute atomic E-state index is 13.1. The van der Waals surface area contributed by atoms with Gasteiger partial charge in [0.1, 0.15) is 0 Å². The quantitative estimate of drug-likeness (QED) is 0.857. The first kappa shape index (κ1) is 16.8. The van der Waals surface area contributed by atoms with Crippen LogP contribution in [0, 0.1) is 12.3 Å². The Balaban J connectivity index is 2.31. The van der Waals surface area contributed by atoms with Crippen molar-refractivity contribution in [2.45, 2.75) is 19.5 Å². The fourth-order valence-corrected chi connectivity index (χ4v) is 2.87. The molecule has 120 valence electrons. The third kappa shape index (κ3) is 2.71. The topological polar surface area (TPSA) is 57.6 Å². The summed E-state index contributed by atoms with van der Waals surface area (Å²) >= 11 is 3.21. The number of carbonyl (C=O) groups is 2. The first-order valence-electron chi connectivity index (χ1n) is 6.44. The second-order valence-corrected chi connectivity index (χ2v) is 6.24. The van der Waals surface area contributed by atoms with E-state index in [0.29, 0.717) is 10.0 Å². The van der Waals surface area contributed by atoms with Gasteiger partial charge in [0.05, 0.1) is 0 Å². The number of likely N-dealkylation sites (tertiary alicyclic amines) is 1. The van der Waals surface area contributed by atoms with Crippen LogP contribution in [0.25, 0.3) is 0 Å². The number of halogens is 4. The van der Waals surface area contributed by atoms with Gasteiger partial charge in [-0.05, 0) is 31.0 Å². The summed E-state index contributed by atoms with van der Waals surface area (Å²) in [6.07, 6.45) is -5.54. The third-order valence-corrected chi connectivity index (χ3v) is 4.43. The summed E-state index contributed by atoms with van der Waals surface area (Å²) in [6, 6.07) is 4.90. The molecule has 1 heterocycles. The molecule has 1 unspecified atom stereocenters. The van der Waals surface area contributed by atoms with Crippen molar-refractivity contribution in [2.24, 2.45) is 5.41 Å². The van der Waals surface area contributed by atoms with Crippen LogP contribution in [0.5, 0.6) is 0 Å². The molecule has 0 aromatic heterocycles. The van der Waals surface area contributed by atoms with Crippen molar-refractivity contribution in [3.8, 4) is 0 Å². The Morgan fingerprint density at radius 3 is 2.50 bits per heavy atom. The number of carboxylic acids is 1. The molecule has 1 atom stereocenters. The van der Waals surface area contributed by atoms with E-state index in [-0.39, 0.29) is 12.1 Å². The minimum atomic E-state index is -4.90. The zero-order valence-electron chi connectivity index (χ0n) is 11.6. The molecular formula is C14H13BrF3NO3. The number of nitrogens with zero attached hydrogens (tertiary/aromatic N) is 1. The van der Waals surface area contributed by atoms with Gasteiger partial charge in [-0.15, -0.1) is 0 Å².